The molecule has 9 heteroatoms. The molecule has 26 heavy (non-hydrogen) atoms. The molecule has 0 bridgehead atoms. The Kier molecular flexibility index (Phi) is 3.80. The number of rotatable bonds is 2. The SMILES string of the molecule is CC(C)c1nc2ccc(C(F)(F)F)nc2n1-c1cc(Br)c2[nH]ncc2c1. The number of hydrogen-bond acceptors (Lipinski definition) is 3. The summed E-state index contributed by atoms with van der Waals surface area (Å²) < 4.78 is 41.8. The highest BCUT2D eigenvalue weighted by Gasteiger charge is 2.33. The molecule has 0 atom stereocenters. The van der Waals surface area contributed by atoms with Gasteiger partial charge in [0, 0.05) is 15.8 Å². The van der Waals surface area contributed by atoms with Crippen LogP contribution in [0.15, 0.2) is 34.9 Å². The van der Waals surface area contributed by atoms with Gasteiger partial charge in [-0.05, 0) is 40.2 Å². The molecule has 0 saturated heterocycles. The van der Waals surface area contributed by atoms with Crippen molar-refractivity contribution in [3.63, 3.8) is 0 Å². The molecule has 0 aliphatic carbocycles. The molecular formula is C17H13BrF3N5. The van der Waals surface area contributed by atoms with Gasteiger partial charge in [0.15, 0.2) is 5.65 Å². The largest absolute Gasteiger partial charge is 0.433 e. The van der Waals surface area contributed by atoms with Gasteiger partial charge in [0.1, 0.15) is 17.0 Å². The van der Waals surface area contributed by atoms with Gasteiger partial charge in [0.05, 0.1) is 17.4 Å². The third kappa shape index (κ3) is 2.66. The summed E-state index contributed by atoms with van der Waals surface area (Å²) in [5, 5.41) is 7.72. The number of benzene rings is 1. The molecule has 0 saturated carbocycles. The Hall–Kier alpha value is -2.42. The number of hydrogen-bond donors (Lipinski definition) is 1. The summed E-state index contributed by atoms with van der Waals surface area (Å²) in [6.45, 7) is 3.88. The minimum atomic E-state index is -4.52. The van der Waals surface area contributed by atoms with E-state index in [1.54, 1.807) is 10.8 Å². The Balaban J connectivity index is 2.06. The molecule has 0 unspecified atom stereocenters. The maximum atomic E-state index is 13.1. The van der Waals surface area contributed by atoms with Crippen LogP contribution in [0.1, 0.15) is 31.3 Å². The molecule has 0 amide bonds. The molecule has 3 heterocycles. The number of nitrogens with zero attached hydrogens (tertiary/aromatic N) is 4. The summed E-state index contributed by atoms with van der Waals surface area (Å²) in [6.07, 6.45) is -2.86. The quantitative estimate of drug-likeness (QED) is 0.481. The van der Waals surface area contributed by atoms with E-state index >= 15 is 0 Å². The molecule has 0 radical (unpaired) electrons. The number of alkyl halides is 3. The zero-order valence-electron chi connectivity index (χ0n) is 13.8. The van der Waals surface area contributed by atoms with Crippen molar-refractivity contribution in [1.29, 1.82) is 0 Å². The Morgan fingerprint density at radius 2 is 1.92 bits per heavy atom. The third-order valence-corrected chi connectivity index (χ3v) is 4.71. The van der Waals surface area contributed by atoms with E-state index in [0.717, 1.165) is 21.4 Å². The van der Waals surface area contributed by atoms with Crippen molar-refractivity contribution in [1.82, 2.24) is 24.7 Å². The van der Waals surface area contributed by atoms with Gasteiger partial charge in [-0.2, -0.15) is 18.3 Å². The first kappa shape index (κ1) is 17.0. The summed E-state index contributed by atoms with van der Waals surface area (Å²) in [5.74, 6) is 0.638. The summed E-state index contributed by atoms with van der Waals surface area (Å²) in [5.41, 5.74) is 1.14. The monoisotopic (exact) mass is 423 g/mol. The Morgan fingerprint density at radius 3 is 2.62 bits per heavy atom. The van der Waals surface area contributed by atoms with Crippen LogP contribution in [0.3, 0.4) is 0 Å². The minimum Gasteiger partial charge on any atom is -0.280 e. The zero-order chi connectivity index (χ0) is 18.6. The molecule has 3 aromatic heterocycles. The molecule has 4 aromatic rings. The Bertz CT molecular complexity index is 1130. The molecule has 4 rings (SSSR count). The molecule has 1 N–H and O–H groups in total. The van der Waals surface area contributed by atoms with Crippen LogP contribution in [0.4, 0.5) is 13.2 Å². The maximum Gasteiger partial charge on any atom is 0.433 e. The first-order valence-electron chi connectivity index (χ1n) is 7.85. The zero-order valence-corrected chi connectivity index (χ0v) is 15.4. The van der Waals surface area contributed by atoms with E-state index in [1.807, 2.05) is 26.0 Å². The predicted octanol–water partition coefficient (Wildman–Crippen LogP) is 5.20. The van der Waals surface area contributed by atoms with E-state index in [4.69, 9.17) is 0 Å². The smallest absolute Gasteiger partial charge is 0.280 e. The second-order valence-corrected chi connectivity index (χ2v) is 7.11. The van der Waals surface area contributed by atoms with Gasteiger partial charge >= 0.3 is 6.18 Å². The van der Waals surface area contributed by atoms with E-state index in [2.05, 4.69) is 36.1 Å². The normalized spacial score (nSPS) is 12.6. The Labute approximate surface area is 154 Å². The molecule has 0 fully saturated rings. The van der Waals surface area contributed by atoms with E-state index < -0.39 is 11.9 Å². The van der Waals surface area contributed by atoms with Gasteiger partial charge in [-0.15, -0.1) is 0 Å². The number of imidazole rings is 1. The standard InChI is InChI=1S/C17H13BrF3N5/c1-8(2)15-23-12-3-4-13(17(19,20)21)24-16(12)26(15)10-5-9-7-22-25-14(9)11(18)6-10/h3-8H,1-2H3,(H,22,25). The maximum absolute atomic E-state index is 13.1. The average Bonchev–Trinajstić information content (AvgIpc) is 3.17. The fourth-order valence-corrected chi connectivity index (χ4v) is 3.45. The fraction of sp³-hybridized carbons (Fsp3) is 0.235. The average molecular weight is 424 g/mol. The van der Waals surface area contributed by atoms with Crippen molar-refractivity contribution in [3.8, 4) is 5.69 Å². The van der Waals surface area contributed by atoms with Gasteiger partial charge < -0.3 is 0 Å². The second-order valence-electron chi connectivity index (χ2n) is 6.26. The second kappa shape index (κ2) is 5.80. The minimum absolute atomic E-state index is 0.00245. The first-order valence-corrected chi connectivity index (χ1v) is 8.64. The van der Waals surface area contributed by atoms with E-state index in [9.17, 15) is 13.2 Å². The first-order chi connectivity index (χ1) is 12.3. The number of halogens is 4. The van der Waals surface area contributed by atoms with Gasteiger partial charge in [-0.3, -0.25) is 9.67 Å². The summed E-state index contributed by atoms with van der Waals surface area (Å²) >= 11 is 3.48. The third-order valence-electron chi connectivity index (χ3n) is 4.08. The molecule has 134 valence electrons. The predicted molar refractivity (Wildman–Crippen MR) is 95.3 cm³/mol. The lowest BCUT2D eigenvalue weighted by Crippen LogP contribution is -2.09. The van der Waals surface area contributed by atoms with Crippen LogP contribution in [0.2, 0.25) is 0 Å². The molecule has 1 aromatic carbocycles. The fourth-order valence-electron chi connectivity index (χ4n) is 2.90. The van der Waals surface area contributed by atoms with E-state index in [-0.39, 0.29) is 11.6 Å². The van der Waals surface area contributed by atoms with Crippen molar-refractivity contribution >= 4 is 38.0 Å². The van der Waals surface area contributed by atoms with Gasteiger partial charge in [0.25, 0.3) is 0 Å². The molecule has 5 nitrogen and oxygen atoms in total. The number of fused-ring (bicyclic) bond motifs is 2. The molecule has 0 aliphatic rings. The number of nitrogens with one attached hydrogen (secondary N) is 1. The topological polar surface area (TPSA) is 59.4 Å². The van der Waals surface area contributed by atoms with Crippen molar-refractivity contribution in [2.45, 2.75) is 25.9 Å². The molecule has 0 aliphatic heterocycles. The van der Waals surface area contributed by atoms with Gasteiger partial charge in [0.2, 0.25) is 0 Å². The van der Waals surface area contributed by atoms with Crippen LogP contribution in [0.5, 0.6) is 0 Å². The summed E-state index contributed by atoms with van der Waals surface area (Å²) in [7, 11) is 0. The number of H-pyrrole nitrogens is 1. The van der Waals surface area contributed by atoms with Gasteiger partial charge in [-0.25, -0.2) is 9.97 Å². The number of aromatic nitrogens is 5. The highest BCUT2D eigenvalue weighted by atomic mass is 79.9. The van der Waals surface area contributed by atoms with Crippen LogP contribution < -0.4 is 0 Å². The van der Waals surface area contributed by atoms with Crippen LogP contribution in [0, 0.1) is 0 Å². The lowest BCUT2D eigenvalue weighted by Gasteiger charge is -2.12. The van der Waals surface area contributed by atoms with Crippen molar-refractivity contribution < 1.29 is 13.2 Å². The van der Waals surface area contributed by atoms with Crippen LogP contribution in [0.25, 0.3) is 27.8 Å². The summed E-state index contributed by atoms with van der Waals surface area (Å²) in [4.78, 5) is 8.36. The highest BCUT2D eigenvalue weighted by Crippen LogP contribution is 2.33. The van der Waals surface area contributed by atoms with Crippen molar-refractivity contribution in [2.24, 2.45) is 0 Å². The van der Waals surface area contributed by atoms with E-state index in [1.165, 1.54) is 6.07 Å². The van der Waals surface area contributed by atoms with Crippen molar-refractivity contribution in [3.05, 3.63) is 46.5 Å². The van der Waals surface area contributed by atoms with E-state index in [0.29, 0.717) is 17.0 Å². The van der Waals surface area contributed by atoms with Crippen molar-refractivity contribution in [2.75, 3.05) is 0 Å². The lowest BCUT2D eigenvalue weighted by molar-refractivity contribution is -0.141. The number of pyridine rings is 1. The lowest BCUT2D eigenvalue weighted by atomic mass is 10.2. The van der Waals surface area contributed by atoms with Crippen LogP contribution in [-0.2, 0) is 6.18 Å². The Morgan fingerprint density at radius 1 is 1.15 bits per heavy atom. The van der Waals surface area contributed by atoms with Crippen LogP contribution in [-0.4, -0.2) is 24.7 Å². The summed E-state index contributed by atoms with van der Waals surface area (Å²) in [6, 6.07) is 5.98. The highest BCUT2D eigenvalue weighted by molar-refractivity contribution is 9.10. The van der Waals surface area contributed by atoms with Gasteiger partial charge in [-0.1, -0.05) is 13.8 Å². The van der Waals surface area contributed by atoms with Crippen LogP contribution >= 0.6 is 15.9 Å². The number of aromatic amines is 1. The molecular weight excluding hydrogens is 411 g/mol. The molecule has 0 spiro atoms.